The van der Waals surface area contributed by atoms with Gasteiger partial charge in [-0.1, -0.05) is 54.6 Å². The molecular weight excluding hydrogens is 490 g/mol. The summed E-state index contributed by atoms with van der Waals surface area (Å²) in [7, 11) is 1.62. The van der Waals surface area contributed by atoms with Crippen LogP contribution in [0.3, 0.4) is 0 Å². The maximum Gasteiger partial charge on any atom is 0.339 e. The Morgan fingerprint density at radius 2 is 1.74 bits per heavy atom. The van der Waals surface area contributed by atoms with Gasteiger partial charge in [-0.15, -0.1) is 0 Å². The van der Waals surface area contributed by atoms with Crippen molar-refractivity contribution in [1.82, 2.24) is 4.57 Å². The number of carboxylic acids is 1. The number of pyridine rings is 1. The van der Waals surface area contributed by atoms with Gasteiger partial charge in [0.1, 0.15) is 5.75 Å². The Labute approximate surface area is 228 Å². The fraction of sp³-hybridized carbons (Fsp3) is 0.273. The van der Waals surface area contributed by atoms with Crippen LogP contribution in [0, 0.1) is 0 Å². The molecule has 2 heterocycles. The van der Waals surface area contributed by atoms with Crippen molar-refractivity contribution in [3.05, 3.63) is 99.5 Å². The Hall–Kier alpha value is -4.16. The van der Waals surface area contributed by atoms with Gasteiger partial charge in [-0.25, -0.2) is 4.79 Å². The van der Waals surface area contributed by atoms with E-state index < -0.39 is 17.7 Å². The Kier molecular flexibility index (Phi) is 7.15. The van der Waals surface area contributed by atoms with Gasteiger partial charge in [-0.2, -0.15) is 0 Å². The van der Waals surface area contributed by atoms with Crippen molar-refractivity contribution in [3.8, 4) is 16.9 Å². The number of carbonyl (C=O) groups is 1. The molecule has 6 nitrogen and oxygen atoms in total. The molecule has 1 aromatic heterocycles. The summed E-state index contributed by atoms with van der Waals surface area (Å²) < 4.78 is 13.3. The summed E-state index contributed by atoms with van der Waals surface area (Å²) in [5.74, 6) is -0.310. The normalized spacial score (nSPS) is 14.3. The molecule has 5 rings (SSSR count). The second-order valence-corrected chi connectivity index (χ2v) is 10.9. The largest absolute Gasteiger partial charge is 0.493 e. The predicted molar refractivity (Wildman–Crippen MR) is 155 cm³/mol. The first-order valence-electron chi connectivity index (χ1n) is 13.2. The van der Waals surface area contributed by atoms with Gasteiger partial charge in [0, 0.05) is 18.0 Å². The zero-order valence-corrected chi connectivity index (χ0v) is 22.7. The lowest BCUT2D eigenvalue weighted by molar-refractivity contribution is -0.161. The number of ether oxygens (including phenoxy) is 2. The van der Waals surface area contributed by atoms with E-state index in [9.17, 15) is 14.7 Å². The molecule has 1 aliphatic rings. The molecule has 0 bridgehead atoms. The highest BCUT2D eigenvalue weighted by atomic mass is 16.5. The molecule has 1 N–H and O–H groups in total. The molecule has 200 valence electrons. The van der Waals surface area contributed by atoms with Crippen LogP contribution in [0.5, 0.6) is 5.75 Å². The minimum Gasteiger partial charge on any atom is -0.493 e. The molecule has 0 saturated heterocycles. The monoisotopic (exact) mass is 523 g/mol. The lowest BCUT2D eigenvalue weighted by Gasteiger charge is -2.29. The highest BCUT2D eigenvalue weighted by molar-refractivity contribution is 6.00. The van der Waals surface area contributed by atoms with Crippen LogP contribution in [0.4, 0.5) is 0 Å². The zero-order valence-electron chi connectivity index (χ0n) is 22.7. The highest BCUT2D eigenvalue weighted by Crippen LogP contribution is 2.39. The van der Waals surface area contributed by atoms with Gasteiger partial charge < -0.3 is 19.1 Å². The maximum absolute atomic E-state index is 13.6. The van der Waals surface area contributed by atoms with Crippen molar-refractivity contribution in [3.63, 3.8) is 0 Å². The molecular formula is C33H33NO5. The number of aromatic nitrogens is 1. The third-order valence-electron chi connectivity index (χ3n) is 6.87. The minimum atomic E-state index is -1.35. The van der Waals surface area contributed by atoms with Crippen molar-refractivity contribution in [1.29, 1.82) is 0 Å². The van der Waals surface area contributed by atoms with Crippen LogP contribution in [0.25, 0.3) is 34.1 Å². The number of nitrogens with zero attached hydrogens (tertiary/aromatic N) is 1. The molecule has 0 saturated carbocycles. The van der Waals surface area contributed by atoms with Crippen LogP contribution in [-0.2, 0) is 23.0 Å². The van der Waals surface area contributed by atoms with Gasteiger partial charge in [-0.3, -0.25) is 4.79 Å². The summed E-state index contributed by atoms with van der Waals surface area (Å²) in [5.41, 5.74) is 3.81. The summed E-state index contributed by atoms with van der Waals surface area (Å²) in [5, 5.41) is 11.5. The summed E-state index contributed by atoms with van der Waals surface area (Å²) in [6, 6.07) is 21.6. The molecule has 0 aliphatic carbocycles. The fourth-order valence-electron chi connectivity index (χ4n) is 5.11. The van der Waals surface area contributed by atoms with E-state index >= 15 is 0 Å². The smallest absolute Gasteiger partial charge is 0.339 e. The number of hydrogen-bond donors (Lipinski definition) is 1. The Morgan fingerprint density at radius 1 is 1.00 bits per heavy atom. The molecule has 0 fully saturated rings. The second kappa shape index (κ2) is 10.5. The van der Waals surface area contributed by atoms with E-state index in [4.69, 9.17) is 9.47 Å². The number of aliphatic carboxylic acids is 1. The number of hydrogen-bond acceptors (Lipinski definition) is 4. The summed E-state index contributed by atoms with van der Waals surface area (Å²) in [4.78, 5) is 26.3. The molecule has 3 aromatic carbocycles. The molecule has 6 heteroatoms. The van der Waals surface area contributed by atoms with E-state index in [0.29, 0.717) is 28.6 Å². The quantitative estimate of drug-likeness (QED) is 0.287. The predicted octanol–water partition coefficient (Wildman–Crippen LogP) is 6.64. The number of carboxylic acid groups (broad SMARTS) is 1. The molecule has 1 atom stereocenters. The number of fused-ring (bicyclic) bond motifs is 2. The van der Waals surface area contributed by atoms with Crippen LogP contribution < -0.4 is 10.3 Å². The van der Waals surface area contributed by atoms with Crippen molar-refractivity contribution < 1.29 is 19.4 Å². The summed E-state index contributed by atoms with van der Waals surface area (Å²) in [6.07, 6.45) is 4.45. The van der Waals surface area contributed by atoms with Gasteiger partial charge in [0.15, 0.2) is 6.10 Å². The second-order valence-electron chi connectivity index (χ2n) is 10.9. The third kappa shape index (κ3) is 5.52. The Morgan fingerprint density at radius 3 is 2.46 bits per heavy atom. The fourth-order valence-corrected chi connectivity index (χ4v) is 5.11. The lowest BCUT2D eigenvalue weighted by atomic mass is 9.91. The van der Waals surface area contributed by atoms with Crippen molar-refractivity contribution in [2.75, 3.05) is 6.61 Å². The van der Waals surface area contributed by atoms with Gasteiger partial charge >= 0.3 is 5.97 Å². The number of rotatable bonds is 6. The molecule has 0 spiro atoms. The van der Waals surface area contributed by atoms with E-state index in [1.54, 1.807) is 7.05 Å². The van der Waals surface area contributed by atoms with Crippen LogP contribution in [0.15, 0.2) is 71.5 Å². The highest BCUT2D eigenvalue weighted by Gasteiger charge is 2.33. The lowest BCUT2D eigenvalue weighted by Crippen LogP contribution is -2.33. The Balaban J connectivity index is 1.80. The van der Waals surface area contributed by atoms with E-state index in [2.05, 4.69) is 6.07 Å². The summed E-state index contributed by atoms with van der Waals surface area (Å²) in [6.45, 7) is 6.11. The third-order valence-corrected chi connectivity index (χ3v) is 6.87. The van der Waals surface area contributed by atoms with Crippen molar-refractivity contribution in [2.24, 2.45) is 7.05 Å². The molecule has 1 unspecified atom stereocenters. The van der Waals surface area contributed by atoms with E-state index in [0.717, 1.165) is 40.8 Å². The van der Waals surface area contributed by atoms with Crippen LogP contribution >= 0.6 is 0 Å². The van der Waals surface area contributed by atoms with E-state index in [1.807, 2.05) is 93.6 Å². The average molecular weight is 524 g/mol. The first-order valence-corrected chi connectivity index (χ1v) is 13.2. The standard InChI is InChI=1S/C33H33NO5/c1-33(2,3)39-30(32(36)37)29-28(24-15-17-27-23(20-24)11-8-18-38-27)26-19-22(13-12-21-9-6-5-7-10-21)14-16-25(26)31(35)34(29)4/h5-7,9-10,12-17,19-20,30H,8,11,18H2,1-4H3,(H,36,37)/b13-12+. The van der Waals surface area contributed by atoms with E-state index in [-0.39, 0.29) is 5.56 Å². The van der Waals surface area contributed by atoms with Crippen molar-refractivity contribution >= 4 is 28.9 Å². The Bertz CT molecular complexity index is 1630. The first kappa shape index (κ1) is 26.4. The molecule has 39 heavy (non-hydrogen) atoms. The summed E-state index contributed by atoms with van der Waals surface area (Å²) >= 11 is 0. The van der Waals surface area contributed by atoms with Gasteiger partial charge in [-0.05, 0) is 85.5 Å². The van der Waals surface area contributed by atoms with Crippen LogP contribution in [0.1, 0.15) is 55.7 Å². The SMILES string of the molecule is Cn1c(C(OC(C)(C)C)C(=O)O)c(-c2ccc3c(c2)CCCO3)c2cc(/C=C/c3ccccc3)ccc2c1=O. The number of benzene rings is 3. The van der Waals surface area contributed by atoms with Crippen LogP contribution in [-0.4, -0.2) is 27.9 Å². The average Bonchev–Trinajstić information content (AvgIpc) is 2.92. The van der Waals surface area contributed by atoms with Gasteiger partial charge in [0.05, 0.1) is 17.9 Å². The van der Waals surface area contributed by atoms with E-state index in [1.165, 1.54) is 4.57 Å². The topological polar surface area (TPSA) is 77.8 Å². The molecule has 0 amide bonds. The van der Waals surface area contributed by atoms with Crippen molar-refractivity contribution in [2.45, 2.75) is 45.3 Å². The number of aryl methyl sites for hydroxylation is 1. The van der Waals surface area contributed by atoms with Gasteiger partial charge in [0.2, 0.25) is 0 Å². The minimum absolute atomic E-state index is 0.271. The maximum atomic E-state index is 13.6. The van der Waals surface area contributed by atoms with Crippen LogP contribution in [0.2, 0.25) is 0 Å². The zero-order chi connectivity index (χ0) is 27.7. The molecule has 0 radical (unpaired) electrons. The first-order chi connectivity index (χ1) is 18.6. The molecule has 1 aliphatic heterocycles. The molecule has 4 aromatic rings. The van der Waals surface area contributed by atoms with Gasteiger partial charge in [0.25, 0.3) is 5.56 Å².